The van der Waals surface area contributed by atoms with E-state index < -0.39 is 0 Å². The Morgan fingerprint density at radius 1 is 1.27 bits per heavy atom. The molecule has 1 aromatic rings. The lowest BCUT2D eigenvalue weighted by atomic mass is 9.88. The number of pyridine rings is 1. The number of aromatic nitrogens is 1. The molecule has 0 bridgehead atoms. The monoisotopic (exact) mass is 205 g/mol. The van der Waals surface area contributed by atoms with Crippen molar-refractivity contribution in [2.75, 3.05) is 30.4 Å². The van der Waals surface area contributed by atoms with Crippen LogP contribution < -0.4 is 10.6 Å². The Labute approximate surface area is 89.0 Å². The first-order chi connectivity index (χ1) is 7.38. The normalized spacial score (nSPS) is 22.7. The number of rotatable bonds is 0. The van der Waals surface area contributed by atoms with Crippen molar-refractivity contribution in [2.45, 2.75) is 18.4 Å². The molecule has 15 heavy (non-hydrogen) atoms. The van der Waals surface area contributed by atoms with Gasteiger partial charge in [0.15, 0.2) is 0 Å². The van der Waals surface area contributed by atoms with E-state index in [1.165, 1.54) is 0 Å². The van der Waals surface area contributed by atoms with Gasteiger partial charge in [-0.15, -0.1) is 0 Å². The molecular formula is C11H15N3O. The highest BCUT2D eigenvalue weighted by molar-refractivity contribution is 5.70. The number of anilines is 2. The molecule has 4 heteroatoms. The minimum atomic E-state index is 0.187. The highest BCUT2D eigenvalue weighted by Gasteiger charge is 2.35. The zero-order valence-electron chi connectivity index (χ0n) is 8.62. The van der Waals surface area contributed by atoms with E-state index in [0.29, 0.717) is 0 Å². The Morgan fingerprint density at radius 2 is 2.13 bits per heavy atom. The number of ether oxygens (including phenoxy) is 1. The van der Waals surface area contributed by atoms with Crippen LogP contribution in [-0.4, -0.2) is 30.3 Å². The molecule has 1 aromatic heterocycles. The largest absolute Gasteiger partial charge is 0.381 e. The summed E-state index contributed by atoms with van der Waals surface area (Å²) < 4.78 is 5.40. The molecule has 0 amide bonds. The lowest BCUT2D eigenvalue weighted by Gasteiger charge is -2.42. The van der Waals surface area contributed by atoms with Crippen LogP contribution in [0.5, 0.6) is 0 Å². The number of nitrogens with zero attached hydrogens (tertiary/aromatic N) is 1. The summed E-state index contributed by atoms with van der Waals surface area (Å²) in [5, 5.41) is 7.07. The minimum absolute atomic E-state index is 0.187. The molecule has 0 atom stereocenters. The maximum atomic E-state index is 5.40. The number of nitrogens with one attached hydrogen (secondary N) is 2. The average Bonchev–Trinajstić information content (AvgIpc) is 2.30. The van der Waals surface area contributed by atoms with E-state index in [0.717, 1.165) is 44.0 Å². The summed E-state index contributed by atoms with van der Waals surface area (Å²) in [6.07, 6.45) is 5.84. The SMILES string of the molecule is c1cc2c(cn1)NCC1(CCOCC1)N2. The summed E-state index contributed by atoms with van der Waals surface area (Å²) in [5.41, 5.74) is 2.46. The van der Waals surface area contributed by atoms with Gasteiger partial charge in [0.1, 0.15) is 0 Å². The molecule has 1 fully saturated rings. The summed E-state index contributed by atoms with van der Waals surface area (Å²) >= 11 is 0. The van der Waals surface area contributed by atoms with Gasteiger partial charge in [-0.1, -0.05) is 0 Å². The Bertz CT molecular complexity index is 361. The van der Waals surface area contributed by atoms with Crippen LogP contribution in [-0.2, 0) is 4.74 Å². The van der Waals surface area contributed by atoms with Crippen LogP contribution in [0.1, 0.15) is 12.8 Å². The molecule has 1 spiro atoms. The maximum Gasteiger partial charge on any atom is 0.0763 e. The highest BCUT2D eigenvalue weighted by atomic mass is 16.5. The van der Waals surface area contributed by atoms with Gasteiger partial charge in [-0.05, 0) is 18.9 Å². The van der Waals surface area contributed by atoms with Gasteiger partial charge in [0.2, 0.25) is 0 Å². The second-order valence-electron chi connectivity index (χ2n) is 4.29. The molecule has 2 aliphatic rings. The van der Waals surface area contributed by atoms with Gasteiger partial charge < -0.3 is 15.4 Å². The van der Waals surface area contributed by atoms with Gasteiger partial charge in [-0.3, -0.25) is 4.98 Å². The first-order valence-corrected chi connectivity index (χ1v) is 5.42. The van der Waals surface area contributed by atoms with Crippen LogP contribution in [0.15, 0.2) is 18.5 Å². The molecule has 3 rings (SSSR count). The van der Waals surface area contributed by atoms with Gasteiger partial charge >= 0.3 is 0 Å². The van der Waals surface area contributed by atoms with Gasteiger partial charge in [0, 0.05) is 26.0 Å². The van der Waals surface area contributed by atoms with Crippen molar-refractivity contribution in [1.29, 1.82) is 0 Å². The van der Waals surface area contributed by atoms with Crippen molar-refractivity contribution in [3.63, 3.8) is 0 Å². The zero-order valence-corrected chi connectivity index (χ0v) is 8.62. The molecule has 0 aliphatic carbocycles. The molecule has 0 saturated carbocycles. The van der Waals surface area contributed by atoms with Gasteiger partial charge in [0.05, 0.1) is 23.1 Å². The number of fused-ring (bicyclic) bond motifs is 1. The van der Waals surface area contributed by atoms with E-state index >= 15 is 0 Å². The third-order valence-corrected chi connectivity index (χ3v) is 3.29. The van der Waals surface area contributed by atoms with Crippen LogP contribution in [0.4, 0.5) is 11.4 Å². The van der Waals surface area contributed by atoms with E-state index in [1.54, 1.807) is 0 Å². The summed E-state index contributed by atoms with van der Waals surface area (Å²) in [5.74, 6) is 0. The molecule has 2 N–H and O–H groups in total. The second kappa shape index (κ2) is 3.38. The number of hydrogen-bond donors (Lipinski definition) is 2. The quantitative estimate of drug-likeness (QED) is 0.673. The molecule has 0 unspecified atom stereocenters. The fraction of sp³-hybridized carbons (Fsp3) is 0.545. The third kappa shape index (κ3) is 1.55. The van der Waals surface area contributed by atoms with E-state index in [1.807, 2.05) is 18.5 Å². The summed E-state index contributed by atoms with van der Waals surface area (Å²) in [6.45, 7) is 2.68. The highest BCUT2D eigenvalue weighted by Crippen LogP contribution is 2.34. The lowest BCUT2D eigenvalue weighted by Crippen LogP contribution is -2.51. The second-order valence-corrected chi connectivity index (χ2v) is 4.29. The Hall–Kier alpha value is -1.29. The molecular weight excluding hydrogens is 190 g/mol. The standard InChI is InChI=1S/C11H15N3O/c1-4-12-7-10-9(1)14-11(8-13-10)2-5-15-6-3-11/h1,4,7,13-14H,2-3,5-6,8H2. The van der Waals surface area contributed by atoms with Crippen LogP contribution >= 0.6 is 0 Å². The molecule has 4 nitrogen and oxygen atoms in total. The van der Waals surface area contributed by atoms with Crippen molar-refractivity contribution in [1.82, 2.24) is 4.98 Å². The topological polar surface area (TPSA) is 46.2 Å². The average molecular weight is 205 g/mol. The molecule has 80 valence electrons. The Balaban J connectivity index is 1.87. The predicted octanol–water partition coefficient (Wildman–Crippen LogP) is 1.47. The van der Waals surface area contributed by atoms with E-state index in [9.17, 15) is 0 Å². The van der Waals surface area contributed by atoms with Crippen LogP contribution in [0.25, 0.3) is 0 Å². The fourth-order valence-corrected chi connectivity index (χ4v) is 2.30. The summed E-state index contributed by atoms with van der Waals surface area (Å²) in [4.78, 5) is 4.10. The van der Waals surface area contributed by atoms with Crippen LogP contribution in [0.3, 0.4) is 0 Å². The van der Waals surface area contributed by atoms with E-state index in [-0.39, 0.29) is 5.54 Å². The van der Waals surface area contributed by atoms with Gasteiger partial charge in [0.25, 0.3) is 0 Å². The summed E-state index contributed by atoms with van der Waals surface area (Å²) in [6, 6.07) is 2.03. The molecule has 1 saturated heterocycles. The molecule has 2 aliphatic heterocycles. The smallest absolute Gasteiger partial charge is 0.0763 e. The first kappa shape index (κ1) is 8.97. The molecule has 0 aromatic carbocycles. The predicted molar refractivity (Wildman–Crippen MR) is 59.1 cm³/mol. The first-order valence-electron chi connectivity index (χ1n) is 5.42. The van der Waals surface area contributed by atoms with Crippen LogP contribution in [0.2, 0.25) is 0 Å². The lowest BCUT2D eigenvalue weighted by molar-refractivity contribution is 0.0635. The Kier molecular flexibility index (Phi) is 2.02. The van der Waals surface area contributed by atoms with Crippen molar-refractivity contribution in [3.8, 4) is 0 Å². The fourth-order valence-electron chi connectivity index (χ4n) is 2.30. The van der Waals surface area contributed by atoms with Crippen LogP contribution in [0, 0.1) is 0 Å². The van der Waals surface area contributed by atoms with Crippen molar-refractivity contribution in [3.05, 3.63) is 18.5 Å². The van der Waals surface area contributed by atoms with Crippen molar-refractivity contribution in [2.24, 2.45) is 0 Å². The third-order valence-electron chi connectivity index (χ3n) is 3.29. The van der Waals surface area contributed by atoms with Gasteiger partial charge in [-0.2, -0.15) is 0 Å². The summed E-state index contributed by atoms with van der Waals surface area (Å²) in [7, 11) is 0. The van der Waals surface area contributed by atoms with E-state index in [4.69, 9.17) is 4.74 Å². The maximum absolute atomic E-state index is 5.40. The van der Waals surface area contributed by atoms with Gasteiger partial charge in [-0.25, -0.2) is 0 Å². The zero-order chi connectivity index (χ0) is 10.1. The van der Waals surface area contributed by atoms with Crippen molar-refractivity contribution < 1.29 is 4.74 Å². The minimum Gasteiger partial charge on any atom is -0.381 e. The molecule has 0 radical (unpaired) electrons. The van der Waals surface area contributed by atoms with E-state index in [2.05, 4.69) is 15.6 Å². The molecule has 3 heterocycles. The number of hydrogen-bond acceptors (Lipinski definition) is 4. The Morgan fingerprint density at radius 3 is 3.00 bits per heavy atom. The van der Waals surface area contributed by atoms with Crippen molar-refractivity contribution >= 4 is 11.4 Å².